The van der Waals surface area contributed by atoms with Gasteiger partial charge in [0, 0.05) is 13.1 Å². The van der Waals surface area contributed by atoms with Crippen LogP contribution in [0.15, 0.2) is 24.8 Å². The molecule has 2 heterocycles. The Morgan fingerprint density at radius 3 is 2.52 bits per heavy atom. The van der Waals surface area contributed by atoms with Crippen LogP contribution in [0.3, 0.4) is 0 Å². The van der Waals surface area contributed by atoms with E-state index in [0.29, 0.717) is 18.8 Å². The summed E-state index contributed by atoms with van der Waals surface area (Å²) in [6.45, 7) is 3.08. The molecule has 0 fully saturated rings. The molecule has 7 nitrogen and oxygen atoms in total. The zero-order chi connectivity index (χ0) is 16.4. The summed E-state index contributed by atoms with van der Waals surface area (Å²) in [7, 11) is 3.24. The molecular weight excluding hydrogens is 296 g/mol. The SMILES string of the molecule is COc1cc2c(cc1OC)CN(C(=O)[C@@H](C)n1cncn1)CC2. The zero-order valence-electron chi connectivity index (χ0n) is 13.5. The maximum Gasteiger partial charge on any atom is 0.247 e. The summed E-state index contributed by atoms with van der Waals surface area (Å²) in [6.07, 6.45) is 3.80. The van der Waals surface area contributed by atoms with Crippen LogP contribution in [0, 0.1) is 0 Å². The molecule has 1 amide bonds. The Morgan fingerprint density at radius 2 is 1.91 bits per heavy atom. The fourth-order valence-electron chi connectivity index (χ4n) is 2.87. The highest BCUT2D eigenvalue weighted by molar-refractivity contribution is 5.80. The van der Waals surface area contributed by atoms with Crippen molar-refractivity contribution in [1.29, 1.82) is 0 Å². The molecule has 0 N–H and O–H groups in total. The van der Waals surface area contributed by atoms with Gasteiger partial charge in [-0.3, -0.25) is 4.79 Å². The van der Waals surface area contributed by atoms with Crippen LogP contribution >= 0.6 is 0 Å². The predicted octanol–water partition coefficient (Wildman–Crippen LogP) is 1.44. The molecule has 0 spiro atoms. The summed E-state index contributed by atoms with van der Waals surface area (Å²) in [5.41, 5.74) is 2.29. The molecule has 122 valence electrons. The smallest absolute Gasteiger partial charge is 0.247 e. The molecule has 0 unspecified atom stereocenters. The number of ether oxygens (including phenoxy) is 2. The van der Waals surface area contributed by atoms with E-state index in [-0.39, 0.29) is 11.9 Å². The van der Waals surface area contributed by atoms with Crippen LogP contribution in [0.5, 0.6) is 11.5 Å². The van der Waals surface area contributed by atoms with Crippen molar-refractivity contribution in [1.82, 2.24) is 19.7 Å². The minimum absolute atomic E-state index is 0.0379. The number of hydrogen-bond donors (Lipinski definition) is 0. The van der Waals surface area contributed by atoms with E-state index in [1.165, 1.54) is 11.9 Å². The van der Waals surface area contributed by atoms with E-state index in [2.05, 4.69) is 10.1 Å². The summed E-state index contributed by atoms with van der Waals surface area (Å²) in [5.74, 6) is 1.45. The number of fused-ring (bicyclic) bond motifs is 1. The van der Waals surface area contributed by atoms with E-state index in [1.54, 1.807) is 25.2 Å². The Kier molecular flexibility index (Phi) is 4.18. The molecule has 0 bridgehead atoms. The van der Waals surface area contributed by atoms with Crippen molar-refractivity contribution >= 4 is 5.91 Å². The first-order valence-corrected chi connectivity index (χ1v) is 7.50. The Balaban J connectivity index is 1.81. The molecule has 1 aromatic heterocycles. The van der Waals surface area contributed by atoms with Crippen molar-refractivity contribution < 1.29 is 14.3 Å². The number of hydrogen-bond acceptors (Lipinski definition) is 5. The first-order valence-electron chi connectivity index (χ1n) is 7.50. The topological polar surface area (TPSA) is 69.5 Å². The lowest BCUT2D eigenvalue weighted by molar-refractivity contribution is -0.135. The number of benzene rings is 1. The van der Waals surface area contributed by atoms with Crippen molar-refractivity contribution in [2.24, 2.45) is 0 Å². The molecule has 7 heteroatoms. The highest BCUT2D eigenvalue weighted by Gasteiger charge is 2.27. The van der Waals surface area contributed by atoms with Crippen LogP contribution in [0.1, 0.15) is 24.1 Å². The van der Waals surface area contributed by atoms with Gasteiger partial charge in [-0.25, -0.2) is 9.67 Å². The van der Waals surface area contributed by atoms with Gasteiger partial charge in [-0.2, -0.15) is 5.10 Å². The standard InChI is InChI=1S/C16H20N4O3/c1-11(20-10-17-9-18-20)16(21)19-5-4-12-6-14(22-2)15(23-3)7-13(12)8-19/h6-7,9-11H,4-5,8H2,1-3H3/t11-/m1/s1. The summed E-state index contributed by atoms with van der Waals surface area (Å²) < 4.78 is 12.3. The molecule has 0 radical (unpaired) electrons. The van der Waals surface area contributed by atoms with Crippen LogP contribution in [-0.4, -0.2) is 46.3 Å². The van der Waals surface area contributed by atoms with E-state index >= 15 is 0 Å². The third-order valence-corrected chi connectivity index (χ3v) is 4.22. The predicted molar refractivity (Wildman–Crippen MR) is 83.4 cm³/mol. The first kappa shape index (κ1) is 15.3. The third-order valence-electron chi connectivity index (χ3n) is 4.22. The largest absolute Gasteiger partial charge is 0.493 e. The third kappa shape index (κ3) is 2.86. The summed E-state index contributed by atoms with van der Waals surface area (Å²) in [6, 6.07) is 3.59. The highest BCUT2D eigenvalue weighted by Crippen LogP contribution is 2.33. The minimum Gasteiger partial charge on any atom is -0.493 e. The van der Waals surface area contributed by atoms with Crippen LogP contribution in [0.4, 0.5) is 0 Å². The van der Waals surface area contributed by atoms with Gasteiger partial charge in [0.1, 0.15) is 18.7 Å². The first-order chi connectivity index (χ1) is 11.1. The Hall–Kier alpha value is -2.57. The second-order valence-corrected chi connectivity index (χ2v) is 5.54. The van der Waals surface area contributed by atoms with Gasteiger partial charge < -0.3 is 14.4 Å². The lowest BCUT2D eigenvalue weighted by Crippen LogP contribution is -2.40. The Morgan fingerprint density at radius 1 is 1.22 bits per heavy atom. The number of carbonyl (C=O) groups excluding carboxylic acids is 1. The molecule has 1 atom stereocenters. The van der Waals surface area contributed by atoms with E-state index < -0.39 is 0 Å². The molecule has 0 aliphatic carbocycles. The molecule has 3 rings (SSSR count). The van der Waals surface area contributed by atoms with E-state index in [1.807, 2.05) is 24.0 Å². The number of aromatic nitrogens is 3. The lowest BCUT2D eigenvalue weighted by atomic mass is 9.98. The number of amides is 1. The number of rotatable bonds is 4. The van der Waals surface area contributed by atoms with Crippen LogP contribution in [0.2, 0.25) is 0 Å². The second kappa shape index (κ2) is 6.28. The Bertz CT molecular complexity index is 700. The van der Waals surface area contributed by atoms with Crippen molar-refractivity contribution in [2.75, 3.05) is 20.8 Å². The fraction of sp³-hybridized carbons (Fsp3) is 0.438. The lowest BCUT2D eigenvalue weighted by Gasteiger charge is -2.31. The Labute approximate surface area is 134 Å². The monoisotopic (exact) mass is 316 g/mol. The van der Waals surface area contributed by atoms with Crippen LogP contribution in [-0.2, 0) is 17.8 Å². The molecule has 1 aromatic carbocycles. The van der Waals surface area contributed by atoms with Gasteiger partial charge in [0.2, 0.25) is 5.91 Å². The van der Waals surface area contributed by atoms with Crippen molar-refractivity contribution in [2.45, 2.75) is 25.9 Å². The molecular formula is C16H20N4O3. The van der Waals surface area contributed by atoms with Gasteiger partial charge >= 0.3 is 0 Å². The van der Waals surface area contributed by atoms with Gasteiger partial charge in [0.15, 0.2) is 11.5 Å². The summed E-state index contributed by atoms with van der Waals surface area (Å²) in [5, 5.41) is 4.05. The number of methoxy groups -OCH3 is 2. The normalized spacial score (nSPS) is 15.0. The van der Waals surface area contributed by atoms with Gasteiger partial charge in [0.25, 0.3) is 0 Å². The van der Waals surface area contributed by atoms with E-state index in [0.717, 1.165) is 17.7 Å². The summed E-state index contributed by atoms with van der Waals surface area (Å²) in [4.78, 5) is 18.4. The molecule has 0 saturated heterocycles. The average Bonchev–Trinajstić information content (AvgIpc) is 3.13. The van der Waals surface area contributed by atoms with E-state index in [4.69, 9.17) is 9.47 Å². The van der Waals surface area contributed by atoms with E-state index in [9.17, 15) is 4.79 Å². The van der Waals surface area contributed by atoms with Crippen molar-refractivity contribution in [3.63, 3.8) is 0 Å². The maximum atomic E-state index is 12.7. The number of carbonyl (C=O) groups is 1. The fourth-order valence-corrected chi connectivity index (χ4v) is 2.87. The highest BCUT2D eigenvalue weighted by atomic mass is 16.5. The molecule has 23 heavy (non-hydrogen) atoms. The number of nitrogens with zero attached hydrogens (tertiary/aromatic N) is 4. The van der Waals surface area contributed by atoms with Gasteiger partial charge in [-0.15, -0.1) is 0 Å². The minimum atomic E-state index is -0.362. The molecule has 1 aliphatic heterocycles. The van der Waals surface area contributed by atoms with Crippen LogP contribution < -0.4 is 9.47 Å². The summed E-state index contributed by atoms with van der Waals surface area (Å²) >= 11 is 0. The van der Waals surface area contributed by atoms with Crippen LogP contribution in [0.25, 0.3) is 0 Å². The molecule has 1 aliphatic rings. The quantitative estimate of drug-likeness (QED) is 0.854. The van der Waals surface area contributed by atoms with Gasteiger partial charge in [-0.1, -0.05) is 0 Å². The van der Waals surface area contributed by atoms with Gasteiger partial charge in [0.05, 0.1) is 14.2 Å². The zero-order valence-corrected chi connectivity index (χ0v) is 13.5. The van der Waals surface area contributed by atoms with Crippen molar-refractivity contribution in [3.8, 4) is 11.5 Å². The molecule has 0 saturated carbocycles. The average molecular weight is 316 g/mol. The second-order valence-electron chi connectivity index (χ2n) is 5.54. The van der Waals surface area contributed by atoms with Gasteiger partial charge in [-0.05, 0) is 36.6 Å². The molecule has 2 aromatic rings. The maximum absolute atomic E-state index is 12.7. The van der Waals surface area contributed by atoms with Crippen molar-refractivity contribution in [3.05, 3.63) is 35.9 Å².